The number of rotatable bonds is 7. The minimum Gasteiger partial charge on any atom is -0.494 e. The molecule has 1 saturated heterocycles. The largest absolute Gasteiger partial charge is 0.494 e. The van der Waals surface area contributed by atoms with Crippen LogP contribution in [0.1, 0.15) is 34.3 Å². The third-order valence-electron chi connectivity index (χ3n) is 6.89. The van der Waals surface area contributed by atoms with E-state index in [4.69, 9.17) is 9.73 Å². The Morgan fingerprint density at radius 1 is 1.00 bits per heavy atom. The fourth-order valence-corrected chi connectivity index (χ4v) is 4.79. The number of aromatic nitrogens is 1. The van der Waals surface area contributed by atoms with Crippen LogP contribution in [0.2, 0.25) is 0 Å². The number of methoxy groups -OCH3 is 1. The number of carbonyl (C=O) groups is 2. The van der Waals surface area contributed by atoms with Crippen molar-refractivity contribution in [2.75, 3.05) is 38.7 Å². The molecule has 5 rings (SSSR count). The maximum absolute atomic E-state index is 12.7. The van der Waals surface area contributed by atoms with E-state index in [9.17, 15) is 14.7 Å². The Morgan fingerprint density at radius 2 is 1.71 bits per heavy atom. The summed E-state index contributed by atoms with van der Waals surface area (Å²) in [7, 11) is 3.12. The van der Waals surface area contributed by atoms with Gasteiger partial charge in [0.05, 0.1) is 36.2 Å². The van der Waals surface area contributed by atoms with Gasteiger partial charge in [0.25, 0.3) is 0 Å². The summed E-state index contributed by atoms with van der Waals surface area (Å²) in [6, 6.07) is 22.2. The molecule has 194 valence electrons. The van der Waals surface area contributed by atoms with Gasteiger partial charge in [-0.25, -0.2) is 9.79 Å². The average Bonchev–Trinajstić information content (AvgIpc) is 3.58. The van der Waals surface area contributed by atoms with Gasteiger partial charge in [0, 0.05) is 29.2 Å². The standard InChI is InChI=1S/C30H30N4O4/c1-33(26(35)19-34-16-6-7-17-34)23-13-11-22(12-14-23)31-28(20-8-4-3-5-9-20)27-24-15-10-21(30(37)38-2)18-25(24)32-29(27)36/h3-5,8-15,18,32,36H,6-7,16-17,19H2,1-2H3. The molecular formula is C30H30N4O4. The molecule has 1 amide bonds. The number of likely N-dealkylation sites (N-methyl/N-ethyl adjacent to an activating group) is 1. The van der Waals surface area contributed by atoms with Gasteiger partial charge in [-0.2, -0.15) is 0 Å². The number of aromatic hydroxyl groups is 1. The SMILES string of the molecule is COC(=O)c1ccc2c(C(=Nc3ccc(N(C)C(=O)CN4CCCC4)cc3)c3ccccc3)c(O)[nH]c2c1. The van der Waals surface area contributed by atoms with E-state index in [2.05, 4.69) is 9.88 Å². The van der Waals surface area contributed by atoms with Crippen molar-refractivity contribution in [3.63, 3.8) is 0 Å². The summed E-state index contributed by atoms with van der Waals surface area (Å²) in [5.41, 5.74) is 4.37. The number of aromatic amines is 1. The number of fused-ring (bicyclic) bond motifs is 1. The first kappa shape index (κ1) is 25.2. The molecule has 8 nitrogen and oxygen atoms in total. The van der Waals surface area contributed by atoms with E-state index in [0.29, 0.717) is 34.6 Å². The van der Waals surface area contributed by atoms with Crippen LogP contribution in [0, 0.1) is 0 Å². The van der Waals surface area contributed by atoms with Gasteiger partial charge < -0.3 is 19.7 Å². The number of anilines is 1. The van der Waals surface area contributed by atoms with E-state index in [1.54, 1.807) is 30.1 Å². The zero-order valence-corrected chi connectivity index (χ0v) is 21.5. The number of nitrogens with one attached hydrogen (secondary N) is 1. The molecule has 0 saturated carbocycles. The molecule has 1 aliphatic heterocycles. The van der Waals surface area contributed by atoms with Gasteiger partial charge in [0.15, 0.2) is 5.88 Å². The first-order valence-electron chi connectivity index (χ1n) is 12.6. The Morgan fingerprint density at radius 3 is 2.39 bits per heavy atom. The van der Waals surface area contributed by atoms with Crippen LogP contribution in [0.25, 0.3) is 10.9 Å². The second kappa shape index (κ2) is 10.9. The van der Waals surface area contributed by atoms with Crippen LogP contribution in [0.3, 0.4) is 0 Å². The number of esters is 1. The number of hydrogen-bond acceptors (Lipinski definition) is 6. The molecule has 0 radical (unpaired) electrons. The number of likely N-dealkylation sites (tertiary alicyclic amines) is 1. The van der Waals surface area contributed by atoms with E-state index < -0.39 is 5.97 Å². The lowest BCUT2D eigenvalue weighted by Crippen LogP contribution is -2.37. The van der Waals surface area contributed by atoms with Gasteiger partial charge in [0.2, 0.25) is 5.91 Å². The van der Waals surface area contributed by atoms with Gasteiger partial charge in [-0.15, -0.1) is 0 Å². The molecule has 0 spiro atoms. The zero-order valence-electron chi connectivity index (χ0n) is 21.5. The van der Waals surface area contributed by atoms with Crippen LogP contribution in [-0.4, -0.2) is 66.4 Å². The highest BCUT2D eigenvalue weighted by Crippen LogP contribution is 2.32. The molecule has 2 heterocycles. The average molecular weight is 511 g/mol. The monoisotopic (exact) mass is 510 g/mol. The summed E-state index contributed by atoms with van der Waals surface area (Å²) in [5, 5.41) is 11.6. The topological polar surface area (TPSA) is 98.2 Å². The predicted octanol–water partition coefficient (Wildman–Crippen LogP) is 4.89. The van der Waals surface area contributed by atoms with Crippen LogP contribution in [0.5, 0.6) is 5.88 Å². The normalized spacial score (nSPS) is 14.1. The molecule has 2 N–H and O–H groups in total. The van der Waals surface area contributed by atoms with Crippen molar-refractivity contribution >= 4 is 39.9 Å². The summed E-state index contributed by atoms with van der Waals surface area (Å²) in [4.78, 5) is 36.5. The van der Waals surface area contributed by atoms with Gasteiger partial charge in [0.1, 0.15) is 0 Å². The molecule has 3 aromatic carbocycles. The maximum Gasteiger partial charge on any atom is 0.337 e. The van der Waals surface area contributed by atoms with E-state index in [1.165, 1.54) is 7.11 Å². The Bertz CT molecular complexity index is 1490. The third-order valence-corrected chi connectivity index (χ3v) is 6.89. The lowest BCUT2D eigenvalue weighted by molar-refractivity contribution is -0.119. The third kappa shape index (κ3) is 5.17. The molecule has 0 aliphatic carbocycles. The molecule has 1 aliphatic rings. The highest BCUT2D eigenvalue weighted by molar-refractivity contribution is 6.22. The van der Waals surface area contributed by atoms with Crippen LogP contribution in [0.4, 0.5) is 11.4 Å². The Balaban J connectivity index is 1.49. The fourth-order valence-electron chi connectivity index (χ4n) is 4.79. The highest BCUT2D eigenvalue weighted by atomic mass is 16.5. The minimum absolute atomic E-state index is 0.0477. The van der Waals surface area contributed by atoms with Gasteiger partial charge in [-0.3, -0.25) is 9.69 Å². The molecule has 0 atom stereocenters. The highest BCUT2D eigenvalue weighted by Gasteiger charge is 2.21. The maximum atomic E-state index is 12.7. The number of amides is 1. The predicted molar refractivity (Wildman–Crippen MR) is 149 cm³/mol. The van der Waals surface area contributed by atoms with E-state index >= 15 is 0 Å². The molecular weight excluding hydrogens is 480 g/mol. The van der Waals surface area contributed by atoms with Crippen molar-refractivity contribution in [3.05, 3.63) is 89.5 Å². The quantitative estimate of drug-likeness (QED) is 0.273. The zero-order chi connectivity index (χ0) is 26.6. The minimum atomic E-state index is -0.455. The van der Waals surface area contributed by atoms with Gasteiger partial charge >= 0.3 is 5.97 Å². The molecule has 4 aromatic rings. The number of H-pyrrole nitrogens is 1. The van der Waals surface area contributed by atoms with Crippen LogP contribution in [-0.2, 0) is 9.53 Å². The van der Waals surface area contributed by atoms with Crippen molar-refractivity contribution in [2.45, 2.75) is 12.8 Å². The Hall–Kier alpha value is -4.43. The summed E-state index contributed by atoms with van der Waals surface area (Å²) in [6.07, 6.45) is 2.29. The van der Waals surface area contributed by atoms with E-state index in [-0.39, 0.29) is 11.8 Å². The summed E-state index contributed by atoms with van der Waals surface area (Å²) in [6.45, 7) is 2.37. The number of ether oxygens (including phenoxy) is 1. The van der Waals surface area contributed by atoms with Gasteiger partial charge in [-0.05, 0) is 62.3 Å². The number of benzene rings is 3. The Kier molecular flexibility index (Phi) is 7.24. The first-order chi connectivity index (χ1) is 18.4. The van der Waals surface area contributed by atoms with Gasteiger partial charge in [-0.1, -0.05) is 36.4 Å². The van der Waals surface area contributed by atoms with E-state index in [0.717, 1.165) is 42.6 Å². The molecule has 38 heavy (non-hydrogen) atoms. The lowest BCUT2D eigenvalue weighted by Gasteiger charge is -2.21. The Labute approximate surface area is 221 Å². The fraction of sp³-hybridized carbons (Fsp3) is 0.233. The van der Waals surface area contributed by atoms with Crippen LogP contribution in [0.15, 0.2) is 77.8 Å². The second-order valence-electron chi connectivity index (χ2n) is 9.38. The number of hydrogen-bond donors (Lipinski definition) is 2. The molecule has 0 unspecified atom stereocenters. The summed E-state index contributed by atoms with van der Waals surface area (Å²) < 4.78 is 4.83. The molecule has 0 bridgehead atoms. The van der Waals surface area contributed by atoms with Crippen molar-refractivity contribution in [2.24, 2.45) is 4.99 Å². The molecule has 1 fully saturated rings. The number of carbonyl (C=O) groups excluding carboxylic acids is 2. The van der Waals surface area contributed by atoms with Crippen LogP contribution < -0.4 is 4.90 Å². The van der Waals surface area contributed by atoms with Crippen LogP contribution >= 0.6 is 0 Å². The number of nitrogens with zero attached hydrogens (tertiary/aromatic N) is 3. The smallest absolute Gasteiger partial charge is 0.337 e. The van der Waals surface area contributed by atoms with Crippen molar-refractivity contribution in [3.8, 4) is 5.88 Å². The van der Waals surface area contributed by atoms with Crippen molar-refractivity contribution in [1.82, 2.24) is 9.88 Å². The number of aliphatic imine (C=N–C) groups is 1. The van der Waals surface area contributed by atoms with Crippen molar-refractivity contribution in [1.29, 1.82) is 0 Å². The molecule has 8 heteroatoms. The molecule has 1 aromatic heterocycles. The van der Waals surface area contributed by atoms with Crippen molar-refractivity contribution < 1.29 is 19.4 Å². The lowest BCUT2D eigenvalue weighted by atomic mass is 10.00. The summed E-state index contributed by atoms with van der Waals surface area (Å²) >= 11 is 0. The van der Waals surface area contributed by atoms with E-state index in [1.807, 2.05) is 54.6 Å². The first-order valence-corrected chi connectivity index (χ1v) is 12.6. The summed E-state index contributed by atoms with van der Waals surface area (Å²) in [5.74, 6) is -0.444. The second-order valence-corrected chi connectivity index (χ2v) is 9.38.